The molecule has 12 rings (SSSR count). The molecule has 0 atom stereocenters. The van der Waals surface area contributed by atoms with Gasteiger partial charge >= 0.3 is 0 Å². The summed E-state index contributed by atoms with van der Waals surface area (Å²) < 4.78 is 26.1. The molecule has 53 heavy (non-hydrogen) atoms. The number of para-hydroxylation sites is 2. The van der Waals surface area contributed by atoms with Crippen LogP contribution >= 0.6 is 0 Å². The van der Waals surface area contributed by atoms with Gasteiger partial charge in [-0.3, -0.25) is 9.97 Å². The Morgan fingerprint density at radius 1 is 0.396 bits per heavy atom. The summed E-state index contributed by atoms with van der Waals surface area (Å²) in [4.78, 5) is 8.58. The van der Waals surface area contributed by atoms with Gasteiger partial charge in [0.05, 0.1) is 17.8 Å². The summed E-state index contributed by atoms with van der Waals surface area (Å²) in [5.74, 6) is 3.21. The highest BCUT2D eigenvalue weighted by atomic mass is 16.5. The fourth-order valence-electron chi connectivity index (χ4n) is 8.85. The highest BCUT2D eigenvalue weighted by molar-refractivity contribution is 6.13. The van der Waals surface area contributed by atoms with Crippen LogP contribution in [-0.4, -0.2) is 9.97 Å². The van der Waals surface area contributed by atoms with Crippen molar-refractivity contribution >= 4 is 43.9 Å². The molecule has 0 saturated carbocycles. The van der Waals surface area contributed by atoms with E-state index >= 15 is 0 Å². The summed E-state index contributed by atoms with van der Waals surface area (Å²) in [7, 11) is 0. The van der Waals surface area contributed by atoms with Crippen molar-refractivity contribution in [2.75, 3.05) is 0 Å². The van der Waals surface area contributed by atoms with Crippen molar-refractivity contribution < 1.29 is 18.3 Å². The van der Waals surface area contributed by atoms with E-state index in [2.05, 4.69) is 94.9 Å². The van der Waals surface area contributed by atoms with E-state index in [-0.39, 0.29) is 0 Å². The molecule has 0 fully saturated rings. The van der Waals surface area contributed by atoms with Gasteiger partial charge in [-0.1, -0.05) is 84.9 Å². The van der Waals surface area contributed by atoms with E-state index in [4.69, 9.17) is 18.3 Å². The molecule has 248 valence electrons. The maximum absolute atomic E-state index is 6.86. The Hall–Kier alpha value is -7.18. The van der Waals surface area contributed by atoms with Crippen molar-refractivity contribution in [3.8, 4) is 45.3 Å². The van der Waals surface area contributed by atoms with E-state index < -0.39 is 5.41 Å². The normalized spacial score (nSPS) is 13.7. The van der Waals surface area contributed by atoms with Gasteiger partial charge in [-0.25, -0.2) is 0 Å². The van der Waals surface area contributed by atoms with Crippen LogP contribution in [0.4, 0.5) is 0 Å². The summed E-state index contributed by atoms with van der Waals surface area (Å²) in [6.45, 7) is 0. The van der Waals surface area contributed by atoms with Gasteiger partial charge in [-0.15, -0.1) is 0 Å². The molecule has 0 radical (unpaired) electrons. The number of benzene rings is 6. The zero-order chi connectivity index (χ0) is 34.7. The first-order valence-electron chi connectivity index (χ1n) is 17.6. The van der Waals surface area contributed by atoms with Gasteiger partial charge in [0.25, 0.3) is 0 Å². The fourth-order valence-corrected chi connectivity index (χ4v) is 8.85. The number of furan rings is 2. The second kappa shape index (κ2) is 10.4. The summed E-state index contributed by atoms with van der Waals surface area (Å²) in [6.07, 6.45) is 7.17. The minimum Gasteiger partial charge on any atom is -0.457 e. The topological polar surface area (TPSA) is 70.5 Å². The molecule has 0 unspecified atom stereocenters. The first kappa shape index (κ1) is 28.5. The van der Waals surface area contributed by atoms with E-state index in [1.807, 2.05) is 60.9 Å². The standard InChI is InChI=1S/C47H26N2O4/c1-3-11-37-33(9-1)47(35-17-15-27(23-41(35)50-37)29-7-5-13-39-45(29)31-19-21-48-25-43(31)52-39)34-10-2-4-12-38(34)51-42-24-28(16-18-36(42)47)30-8-6-14-40-46(30)32-20-22-49-26-44(32)53-40/h1-26H. The number of hydrogen-bond acceptors (Lipinski definition) is 6. The third-order valence-electron chi connectivity index (χ3n) is 11.0. The van der Waals surface area contributed by atoms with Gasteiger partial charge in [-0.2, -0.15) is 0 Å². The van der Waals surface area contributed by atoms with Crippen LogP contribution in [0, 0.1) is 0 Å². The maximum atomic E-state index is 6.86. The lowest BCUT2D eigenvalue weighted by atomic mass is 9.62. The Bertz CT molecular complexity index is 2940. The maximum Gasteiger partial charge on any atom is 0.153 e. The molecular weight excluding hydrogens is 657 g/mol. The highest BCUT2D eigenvalue weighted by Gasteiger charge is 2.50. The van der Waals surface area contributed by atoms with E-state index in [9.17, 15) is 0 Å². The van der Waals surface area contributed by atoms with E-state index in [0.29, 0.717) is 0 Å². The SMILES string of the molecule is c1ccc2c(c1)Oc1cc(-c3cccc4oc5cnccc5c34)ccc1C21c2ccccc2Oc2cc(-c3cccc4oc5cnccc5c34)ccc21. The van der Waals surface area contributed by atoms with Crippen LogP contribution in [-0.2, 0) is 5.41 Å². The van der Waals surface area contributed by atoms with Gasteiger partial charge in [-0.05, 0) is 70.8 Å². The number of ether oxygens (including phenoxy) is 2. The average molecular weight is 683 g/mol. The van der Waals surface area contributed by atoms with Crippen molar-refractivity contribution in [3.05, 3.63) is 181 Å². The molecule has 0 aliphatic carbocycles. The van der Waals surface area contributed by atoms with Crippen LogP contribution < -0.4 is 9.47 Å². The van der Waals surface area contributed by atoms with Crippen LogP contribution in [0.15, 0.2) is 167 Å². The van der Waals surface area contributed by atoms with Crippen molar-refractivity contribution in [1.82, 2.24) is 9.97 Å². The van der Waals surface area contributed by atoms with Gasteiger partial charge in [0.2, 0.25) is 0 Å². The van der Waals surface area contributed by atoms with Gasteiger partial charge in [0, 0.05) is 56.2 Å². The van der Waals surface area contributed by atoms with E-state index in [1.54, 1.807) is 12.4 Å². The van der Waals surface area contributed by atoms with Crippen molar-refractivity contribution in [1.29, 1.82) is 0 Å². The zero-order valence-corrected chi connectivity index (χ0v) is 28.0. The summed E-state index contributed by atoms with van der Waals surface area (Å²) in [5.41, 5.74) is 10.9. The lowest BCUT2D eigenvalue weighted by Gasteiger charge is -2.45. The molecule has 1 spiro atoms. The number of pyridine rings is 2. The molecule has 6 heteroatoms. The molecule has 6 heterocycles. The Morgan fingerprint density at radius 3 is 1.38 bits per heavy atom. The van der Waals surface area contributed by atoms with Gasteiger partial charge in [0.1, 0.15) is 34.2 Å². The number of fused-ring (bicyclic) bond motifs is 14. The molecule has 0 bridgehead atoms. The Morgan fingerprint density at radius 2 is 0.868 bits per heavy atom. The predicted molar refractivity (Wildman–Crippen MR) is 206 cm³/mol. The zero-order valence-electron chi connectivity index (χ0n) is 28.0. The van der Waals surface area contributed by atoms with Crippen molar-refractivity contribution in [3.63, 3.8) is 0 Å². The van der Waals surface area contributed by atoms with E-state index in [0.717, 1.165) is 111 Å². The smallest absolute Gasteiger partial charge is 0.153 e. The minimum absolute atomic E-state index is 0.717. The van der Waals surface area contributed by atoms with Crippen LogP contribution in [0.2, 0.25) is 0 Å². The quantitative estimate of drug-likeness (QED) is 0.181. The largest absolute Gasteiger partial charge is 0.457 e. The number of rotatable bonds is 2. The first-order chi connectivity index (χ1) is 26.3. The monoisotopic (exact) mass is 682 g/mol. The van der Waals surface area contributed by atoms with Crippen LogP contribution in [0.3, 0.4) is 0 Å². The fraction of sp³-hybridized carbons (Fsp3) is 0.0213. The number of nitrogens with zero attached hydrogens (tertiary/aromatic N) is 2. The second-order valence-electron chi connectivity index (χ2n) is 13.7. The summed E-state index contributed by atoms with van der Waals surface area (Å²) >= 11 is 0. The molecule has 0 amide bonds. The number of hydrogen-bond donors (Lipinski definition) is 0. The third-order valence-corrected chi connectivity index (χ3v) is 11.0. The molecule has 0 N–H and O–H groups in total. The second-order valence-corrected chi connectivity index (χ2v) is 13.7. The van der Waals surface area contributed by atoms with Crippen LogP contribution in [0.5, 0.6) is 23.0 Å². The molecular formula is C47H26N2O4. The average Bonchev–Trinajstić information content (AvgIpc) is 3.79. The van der Waals surface area contributed by atoms with E-state index in [1.165, 1.54) is 0 Å². The molecule has 2 aliphatic heterocycles. The van der Waals surface area contributed by atoms with Crippen molar-refractivity contribution in [2.45, 2.75) is 5.41 Å². The molecule has 6 aromatic carbocycles. The van der Waals surface area contributed by atoms with Crippen LogP contribution in [0.25, 0.3) is 66.1 Å². The van der Waals surface area contributed by atoms with Gasteiger partial charge < -0.3 is 18.3 Å². The molecule has 10 aromatic rings. The Labute approximate surface area is 302 Å². The Kier molecular flexibility index (Phi) is 5.61. The first-order valence-corrected chi connectivity index (χ1v) is 17.6. The molecule has 4 aromatic heterocycles. The minimum atomic E-state index is -0.717. The Balaban J connectivity index is 1.11. The molecule has 6 nitrogen and oxygen atoms in total. The third kappa shape index (κ3) is 3.81. The lowest BCUT2D eigenvalue weighted by molar-refractivity contribution is 0.399. The predicted octanol–water partition coefficient (Wildman–Crippen LogP) is 12.2. The number of aromatic nitrogens is 2. The molecule has 0 saturated heterocycles. The summed E-state index contributed by atoms with van der Waals surface area (Å²) in [5, 5.41) is 4.18. The molecule has 2 aliphatic rings. The summed E-state index contributed by atoms with van der Waals surface area (Å²) in [6, 6.07) is 46.4. The van der Waals surface area contributed by atoms with Crippen LogP contribution in [0.1, 0.15) is 22.3 Å². The lowest BCUT2D eigenvalue weighted by Crippen LogP contribution is -2.36. The van der Waals surface area contributed by atoms with Gasteiger partial charge in [0.15, 0.2) is 11.2 Å². The van der Waals surface area contributed by atoms with Crippen molar-refractivity contribution in [2.24, 2.45) is 0 Å². The highest BCUT2D eigenvalue weighted by Crippen LogP contribution is 2.62.